The Kier molecular flexibility index (Phi) is 4.47. The normalized spacial score (nSPS) is 12.0. The first-order valence-electron chi connectivity index (χ1n) is 7.04. The van der Waals surface area contributed by atoms with Crippen molar-refractivity contribution in [2.45, 2.75) is 31.1 Å². The molecular weight excluding hydrogens is 314 g/mol. The minimum absolute atomic E-state index is 0.0258. The molecule has 0 unspecified atom stereocenters. The van der Waals surface area contributed by atoms with Gasteiger partial charge in [-0.2, -0.15) is 8.42 Å². The van der Waals surface area contributed by atoms with Gasteiger partial charge in [0, 0.05) is 5.56 Å². The highest BCUT2D eigenvalue weighted by Gasteiger charge is 2.18. The number of primary amides is 1. The van der Waals surface area contributed by atoms with Gasteiger partial charge in [0.15, 0.2) is 0 Å². The molecule has 0 fully saturated rings. The third kappa shape index (κ3) is 4.10. The van der Waals surface area contributed by atoms with Crippen LogP contribution in [0.4, 0.5) is 0 Å². The van der Waals surface area contributed by atoms with E-state index >= 15 is 0 Å². The monoisotopic (exact) mass is 333 g/mol. The highest BCUT2D eigenvalue weighted by atomic mass is 32.2. The van der Waals surface area contributed by atoms with Crippen LogP contribution in [0.2, 0.25) is 0 Å². The third-order valence-corrected chi connectivity index (χ3v) is 4.62. The van der Waals surface area contributed by atoms with E-state index in [0.29, 0.717) is 0 Å². The highest BCUT2D eigenvalue weighted by Crippen LogP contribution is 2.25. The van der Waals surface area contributed by atoms with E-state index in [1.165, 1.54) is 24.3 Å². The standard InChI is InChI=1S/C17H19NO4S/c1-17(2,3)13-6-8-14(9-7-13)22-23(20,21)15-10-4-12(5-11-15)16(18)19/h4-11H,1-3H3,(H2,18,19). The van der Waals surface area contributed by atoms with E-state index in [2.05, 4.69) is 20.8 Å². The summed E-state index contributed by atoms with van der Waals surface area (Å²) in [5, 5.41) is 0. The molecule has 23 heavy (non-hydrogen) atoms. The van der Waals surface area contributed by atoms with Crippen LogP contribution in [0.25, 0.3) is 0 Å². The Morgan fingerprint density at radius 2 is 1.48 bits per heavy atom. The number of rotatable bonds is 4. The molecule has 0 saturated carbocycles. The summed E-state index contributed by atoms with van der Waals surface area (Å²) in [4.78, 5) is 11.0. The molecule has 0 bridgehead atoms. The zero-order valence-electron chi connectivity index (χ0n) is 13.2. The Morgan fingerprint density at radius 1 is 0.957 bits per heavy atom. The number of benzene rings is 2. The van der Waals surface area contributed by atoms with Crippen molar-refractivity contribution in [3.05, 3.63) is 59.7 Å². The summed E-state index contributed by atoms with van der Waals surface area (Å²) in [6.07, 6.45) is 0. The molecular formula is C17H19NO4S. The maximum atomic E-state index is 12.2. The molecule has 0 aromatic heterocycles. The van der Waals surface area contributed by atoms with Crippen molar-refractivity contribution < 1.29 is 17.4 Å². The molecule has 1 amide bonds. The summed E-state index contributed by atoms with van der Waals surface area (Å²) in [6.45, 7) is 6.21. The summed E-state index contributed by atoms with van der Waals surface area (Å²) in [5.41, 5.74) is 6.41. The first kappa shape index (κ1) is 17.0. The second-order valence-corrected chi connectivity index (χ2v) is 7.75. The first-order valence-corrected chi connectivity index (χ1v) is 8.45. The lowest BCUT2D eigenvalue weighted by molar-refractivity contribution is 0.1000. The fourth-order valence-corrected chi connectivity index (χ4v) is 2.90. The SMILES string of the molecule is CC(C)(C)c1ccc(OS(=O)(=O)c2ccc(C(N)=O)cc2)cc1. The Balaban J connectivity index is 2.22. The van der Waals surface area contributed by atoms with Gasteiger partial charge in [-0.25, -0.2) is 0 Å². The molecule has 122 valence electrons. The van der Waals surface area contributed by atoms with Crippen molar-refractivity contribution in [1.29, 1.82) is 0 Å². The van der Waals surface area contributed by atoms with Crippen LogP contribution in [-0.2, 0) is 15.5 Å². The largest absolute Gasteiger partial charge is 0.379 e. The molecule has 2 aromatic rings. The molecule has 0 saturated heterocycles. The van der Waals surface area contributed by atoms with E-state index in [9.17, 15) is 13.2 Å². The second kappa shape index (κ2) is 6.04. The van der Waals surface area contributed by atoms with Crippen molar-refractivity contribution in [3.63, 3.8) is 0 Å². The van der Waals surface area contributed by atoms with Crippen LogP contribution in [0.5, 0.6) is 5.75 Å². The van der Waals surface area contributed by atoms with Crippen molar-refractivity contribution >= 4 is 16.0 Å². The Bertz CT molecular complexity index is 801. The van der Waals surface area contributed by atoms with Crippen molar-refractivity contribution in [2.75, 3.05) is 0 Å². The van der Waals surface area contributed by atoms with Crippen molar-refractivity contribution in [1.82, 2.24) is 0 Å². The number of carbonyl (C=O) groups is 1. The van der Waals surface area contributed by atoms with Gasteiger partial charge in [-0.15, -0.1) is 0 Å². The highest BCUT2D eigenvalue weighted by molar-refractivity contribution is 7.87. The molecule has 0 aliphatic heterocycles. The second-order valence-electron chi connectivity index (χ2n) is 6.20. The molecule has 0 atom stereocenters. The molecule has 0 aliphatic carbocycles. The van der Waals surface area contributed by atoms with Crippen LogP contribution in [-0.4, -0.2) is 14.3 Å². The lowest BCUT2D eigenvalue weighted by Crippen LogP contribution is -2.13. The third-order valence-electron chi connectivity index (χ3n) is 3.35. The van der Waals surface area contributed by atoms with Crippen LogP contribution >= 0.6 is 0 Å². The van der Waals surface area contributed by atoms with E-state index < -0.39 is 16.0 Å². The summed E-state index contributed by atoms with van der Waals surface area (Å²) in [6, 6.07) is 12.2. The summed E-state index contributed by atoms with van der Waals surface area (Å²) >= 11 is 0. The van der Waals surface area contributed by atoms with Gasteiger partial charge in [-0.1, -0.05) is 32.9 Å². The van der Waals surface area contributed by atoms with Crippen LogP contribution in [0.3, 0.4) is 0 Å². The lowest BCUT2D eigenvalue weighted by atomic mass is 9.87. The minimum Gasteiger partial charge on any atom is -0.379 e. The van der Waals surface area contributed by atoms with E-state index in [1.807, 2.05) is 12.1 Å². The molecule has 2 rings (SSSR count). The molecule has 6 heteroatoms. The van der Waals surface area contributed by atoms with E-state index in [4.69, 9.17) is 9.92 Å². The molecule has 0 heterocycles. The molecule has 2 N–H and O–H groups in total. The maximum Gasteiger partial charge on any atom is 0.339 e. The van der Waals surface area contributed by atoms with Gasteiger partial charge in [-0.3, -0.25) is 4.79 Å². The molecule has 5 nitrogen and oxygen atoms in total. The first-order chi connectivity index (χ1) is 10.6. The Hall–Kier alpha value is -2.34. The maximum absolute atomic E-state index is 12.2. The topological polar surface area (TPSA) is 86.5 Å². The van der Waals surface area contributed by atoms with Crippen molar-refractivity contribution in [3.8, 4) is 5.75 Å². The van der Waals surface area contributed by atoms with Gasteiger partial charge in [-0.05, 0) is 47.4 Å². The minimum atomic E-state index is -3.96. The van der Waals surface area contributed by atoms with E-state index in [1.54, 1.807) is 12.1 Å². The molecule has 0 spiro atoms. The summed E-state index contributed by atoms with van der Waals surface area (Å²) < 4.78 is 29.6. The van der Waals surface area contributed by atoms with Gasteiger partial charge in [0.05, 0.1) is 0 Å². The van der Waals surface area contributed by atoms with Crippen LogP contribution in [0.1, 0.15) is 36.7 Å². The fourth-order valence-electron chi connectivity index (χ4n) is 1.97. The molecule has 2 aromatic carbocycles. The average Bonchev–Trinajstić information content (AvgIpc) is 2.46. The van der Waals surface area contributed by atoms with Gasteiger partial charge in [0.1, 0.15) is 10.6 Å². The van der Waals surface area contributed by atoms with Gasteiger partial charge in [0.2, 0.25) is 5.91 Å². The van der Waals surface area contributed by atoms with Gasteiger partial charge >= 0.3 is 10.1 Å². The number of hydrogen-bond acceptors (Lipinski definition) is 4. The smallest absolute Gasteiger partial charge is 0.339 e. The Labute approximate surface area is 136 Å². The predicted octanol–water partition coefficient (Wildman–Crippen LogP) is 2.85. The summed E-state index contributed by atoms with van der Waals surface area (Å²) in [5.74, 6) is -0.385. The fraction of sp³-hybridized carbons (Fsp3) is 0.235. The number of carbonyl (C=O) groups excluding carboxylic acids is 1. The zero-order valence-corrected chi connectivity index (χ0v) is 14.1. The molecule has 0 aliphatic rings. The average molecular weight is 333 g/mol. The van der Waals surface area contributed by atoms with E-state index in [-0.39, 0.29) is 21.6 Å². The predicted molar refractivity (Wildman–Crippen MR) is 87.9 cm³/mol. The number of nitrogens with two attached hydrogens (primary N) is 1. The molecule has 0 radical (unpaired) electrons. The van der Waals surface area contributed by atoms with Crippen LogP contribution in [0.15, 0.2) is 53.4 Å². The lowest BCUT2D eigenvalue weighted by Gasteiger charge is -2.19. The van der Waals surface area contributed by atoms with Gasteiger partial charge < -0.3 is 9.92 Å². The zero-order chi connectivity index (χ0) is 17.3. The van der Waals surface area contributed by atoms with Crippen LogP contribution in [0, 0.1) is 0 Å². The van der Waals surface area contributed by atoms with Crippen molar-refractivity contribution in [2.24, 2.45) is 5.73 Å². The van der Waals surface area contributed by atoms with Crippen LogP contribution < -0.4 is 9.92 Å². The van der Waals surface area contributed by atoms with E-state index in [0.717, 1.165) is 5.56 Å². The number of amides is 1. The van der Waals surface area contributed by atoms with Gasteiger partial charge in [0.25, 0.3) is 0 Å². The Morgan fingerprint density at radius 3 is 1.91 bits per heavy atom. The quantitative estimate of drug-likeness (QED) is 0.872. The summed E-state index contributed by atoms with van der Waals surface area (Å²) in [7, 11) is -3.96. The number of hydrogen-bond donors (Lipinski definition) is 1.